The van der Waals surface area contributed by atoms with Gasteiger partial charge in [-0.05, 0) is 43.6 Å². The molecule has 0 bridgehead atoms. The Kier molecular flexibility index (Phi) is 4.98. The molecule has 120 valence electrons. The molecule has 2 aromatic rings. The maximum Gasteiger partial charge on any atom is 0.250 e. The Morgan fingerprint density at radius 1 is 1.26 bits per heavy atom. The van der Waals surface area contributed by atoms with Crippen LogP contribution in [0.25, 0.3) is 6.08 Å². The first-order chi connectivity index (χ1) is 11.2. The summed E-state index contributed by atoms with van der Waals surface area (Å²) in [6, 6.07) is 8.10. The van der Waals surface area contributed by atoms with Crippen LogP contribution in [-0.2, 0) is 0 Å². The number of piperidine rings is 1. The molecular weight excluding hydrogens is 293 g/mol. The van der Waals surface area contributed by atoms with Gasteiger partial charge in [-0.3, -0.25) is 9.69 Å². The SMILES string of the molecule is O=c1cc(C2CCN(CC=Cc3ccc(F)cc3)CC2)nc[nH]1. The van der Waals surface area contributed by atoms with E-state index in [1.54, 1.807) is 18.2 Å². The summed E-state index contributed by atoms with van der Waals surface area (Å²) in [5.41, 5.74) is 1.82. The molecule has 0 amide bonds. The molecule has 0 spiro atoms. The molecule has 5 heteroatoms. The second kappa shape index (κ2) is 7.33. The molecule has 1 saturated heterocycles. The maximum absolute atomic E-state index is 12.8. The normalized spacial score (nSPS) is 16.9. The molecule has 4 nitrogen and oxygen atoms in total. The molecule has 1 fully saturated rings. The lowest BCUT2D eigenvalue weighted by Crippen LogP contribution is -2.33. The largest absolute Gasteiger partial charge is 0.313 e. The first-order valence-electron chi connectivity index (χ1n) is 7.90. The summed E-state index contributed by atoms with van der Waals surface area (Å²) in [4.78, 5) is 20.6. The molecule has 1 aromatic heterocycles. The van der Waals surface area contributed by atoms with Crippen molar-refractivity contribution in [2.45, 2.75) is 18.8 Å². The van der Waals surface area contributed by atoms with Crippen LogP contribution < -0.4 is 5.56 Å². The van der Waals surface area contributed by atoms with E-state index in [1.807, 2.05) is 6.08 Å². The number of hydrogen-bond acceptors (Lipinski definition) is 3. The van der Waals surface area contributed by atoms with Crippen LogP contribution in [0.3, 0.4) is 0 Å². The Morgan fingerprint density at radius 2 is 2.00 bits per heavy atom. The monoisotopic (exact) mass is 313 g/mol. The number of aromatic amines is 1. The van der Waals surface area contributed by atoms with Crippen molar-refractivity contribution >= 4 is 6.08 Å². The number of likely N-dealkylation sites (tertiary alicyclic amines) is 1. The number of hydrogen-bond donors (Lipinski definition) is 1. The molecule has 0 saturated carbocycles. The van der Waals surface area contributed by atoms with Crippen LogP contribution >= 0.6 is 0 Å². The minimum absolute atomic E-state index is 0.0836. The fraction of sp³-hybridized carbons (Fsp3) is 0.333. The molecule has 0 atom stereocenters. The summed E-state index contributed by atoms with van der Waals surface area (Å²) in [5.74, 6) is 0.159. The number of rotatable bonds is 4. The Labute approximate surface area is 134 Å². The molecule has 2 heterocycles. The van der Waals surface area contributed by atoms with E-state index in [0.717, 1.165) is 43.7 Å². The average molecular weight is 313 g/mol. The molecule has 3 rings (SSSR count). The van der Waals surface area contributed by atoms with E-state index in [0.29, 0.717) is 5.92 Å². The van der Waals surface area contributed by atoms with Crippen LogP contribution in [0.2, 0.25) is 0 Å². The van der Waals surface area contributed by atoms with Crippen molar-refractivity contribution in [3.05, 3.63) is 70.2 Å². The maximum atomic E-state index is 12.8. The van der Waals surface area contributed by atoms with Gasteiger partial charge in [0.15, 0.2) is 0 Å². The van der Waals surface area contributed by atoms with E-state index in [-0.39, 0.29) is 11.4 Å². The molecular formula is C18H20FN3O. The average Bonchev–Trinajstić information content (AvgIpc) is 2.57. The van der Waals surface area contributed by atoms with Gasteiger partial charge in [0.05, 0.1) is 12.0 Å². The third kappa shape index (κ3) is 4.36. The van der Waals surface area contributed by atoms with Gasteiger partial charge in [0.2, 0.25) is 0 Å². The van der Waals surface area contributed by atoms with Crippen LogP contribution in [0, 0.1) is 5.82 Å². The Balaban J connectivity index is 1.49. The Bertz CT molecular complexity index is 716. The minimum atomic E-state index is -0.211. The molecule has 0 radical (unpaired) electrons. The summed E-state index contributed by atoms with van der Waals surface area (Å²) >= 11 is 0. The predicted molar refractivity (Wildman–Crippen MR) is 88.7 cm³/mol. The zero-order chi connectivity index (χ0) is 16.1. The Morgan fingerprint density at radius 3 is 2.70 bits per heavy atom. The Hall–Kier alpha value is -2.27. The lowest BCUT2D eigenvalue weighted by molar-refractivity contribution is 0.231. The minimum Gasteiger partial charge on any atom is -0.313 e. The number of aromatic nitrogens is 2. The highest BCUT2D eigenvalue weighted by Gasteiger charge is 2.20. The van der Waals surface area contributed by atoms with Crippen molar-refractivity contribution in [1.29, 1.82) is 0 Å². The first-order valence-corrected chi connectivity index (χ1v) is 7.90. The highest BCUT2D eigenvalue weighted by Crippen LogP contribution is 2.25. The van der Waals surface area contributed by atoms with Crippen molar-refractivity contribution in [2.24, 2.45) is 0 Å². The van der Waals surface area contributed by atoms with Gasteiger partial charge in [0, 0.05) is 18.5 Å². The second-order valence-corrected chi connectivity index (χ2v) is 5.86. The van der Waals surface area contributed by atoms with Crippen LogP contribution in [0.15, 0.2) is 47.5 Å². The quantitative estimate of drug-likeness (QED) is 0.944. The fourth-order valence-electron chi connectivity index (χ4n) is 2.93. The molecule has 1 aromatic carbocycles. The van der Waals surface area contributed by atoms with E-state index in [9.17, 15) is 9.18 Å². The van der Waals surface area contributed by atoms with Gasteiger partial charge in [-0.2, -0.15) is 0 Å². The molecule has 1 aliphatic rings. The molecule has 23 heavy (non-hydrogen) atoms. The van der Waals surface area contributed by atoms with Crippen LogP contribution in [0.5, 0.6) is 0 Å². The molecule has 1 N–H and O–H groups in total. The zero-order valence-electron chi connectivity index (χ0n) is 12.9. The van der Waals surface area contributed by atoms with Gasteiger partial charge < -0.3 is 4.98 Å². The highest BCUT2D eigenvalue weighted by atomic mass is 19.1. The summed E-state index contributed by atoms with van der Waals surface area (Å²) in [7, 11) is 0. The summed E-state index contributed by atoms with van der Waals surface area (Å²) in [6.45, 7) is 2.87. The number of H-pyrrole nitrogens is 1. The first kappa shape index (κ1) is 15.6. The topological polar surface area (TPSA) is 49.0 Å². The van der Waals surface area contributed by atoms with Crippen LogP contribution in [-0.4, -0.2) is 34.5 Å². The standard InChI is InChI=1S/C18H20FN3O/c19-16-5-3-14(4-6-16)2-1-9-22-10-7-15(8-11-22)17-12-18(23)21-13-20-17/h1-6,12-13,15H,7-11H2,(H,20,21,23). The van der Waals surface area contributed by atoms with E-state index >= 15 is 0 Å². The lowest BCUT2D eigenvalue weighted by atomic mass is 9.93. The third-order valence-corrected chi connectivity index (χ3v) is 4.25. The summed E-state index contributed by atoms with van der Waals surface area (Å²) in [6.07, 6.45) is 7.64. The van der Waals surface area contributed by atoms with Crippen molar-refractivity contribution in [2.75, 3.05) is 19.6 Å². The number of nitrogens with one attached hydrogen (secondary N) is 1. The fourth-order valence-corrected chi connectivity index (χ4v) is 2.93. The number of halogens is 1. The van der Waals surface area contributed by atoms with Crippen molar-refractivity contribution in [3.63, 3.8) is 0 Å². The van der Waals surface area contributed by atoms with Gasteiger partial charge in [-0.1, -0.05) is 24.3 Å². The van der Waals surface area contributed by atoms with E-state index in [2.05, 4.69) is 20.9 Å². The molecule has 0 unspecified atom stereocenters. The van der Waals surface area contributed by atoms with Crippen LogP contribution in [0.4, 0.5) is 4.39 Å². The van der Waals surface area contributed by atoms with Gasteiger partial charge in [-0.15, -0.1) is 0 Å². The number of benzene rings is 1. The van der Waals surface area contributed by atoms with Crippen molar-refractivity contribution in [1.82, 2.24) is 14.9 Å². The van der Waals surface area contributed by atoms with E-state index in [1.165, 1.54) is 18.5 Å². The van der Waals surface area contributed by atoms with Crippen LogP contribution in [0.1, 0.15) is 30.0 Å². The second-order valence-electron chi connectivity index (χ2n) is 5.86. The van der Waals surface area contributed by atoms with E-state index in [4.69, 9.17) is 0 Å². The van der Waals surface area contributed by atoms with Gasteiger partial charge in [0.1, 0.15) is 5.82 Å². The molecule has 0 aliphatic carbocycles. The summed E-state index contributed by atoms with van der Waals surface area (Å²) in [5, 5.41) is 0. The third-order valence-electron chi connectivity index (χ3n) is 4.25. The van der Waals surface area contributed by atoms with E-state index < -0.39 is 0 Å². The number of nitrogens with zero attached hydrogens (tertiary/aromatic N) is 2. The van der Waals surface area contributed by atoms with Crippen molar-refractivity contribution in [3.8, 4) is 0 Å². The van der Waals surface area contributed by atoms with Gasteiger partial charge >= 0.3 is 0 Å². The highest BCUT2D eigenvalue weighted by molar-refractivity contribution is 5.48. The zero-order valence-corrected chi connectivity index (χ0v) is 12.9. The summed E-state index contributed by atoms with van der Waals surface area (Å²) < 4.78 is 12.8. The van der Waals surface area contributed by atoms with Crippen molar-refractivity contribution < 1.29 is 4.39 Å². The van der Waals surface area contributed by atoms with Gasteiger partial charge in [0.25, 0.3) is 5.56 Å². The molecule has 1 aliphatic heterocycles. The lowest BCUT2D eigenvalue weighted by Gasteiger charge is -2.30. The predicted octanol–water partition coefficient (Wildman–Crippen LogP) is 2.80. The van der Waals surface area contributed by atoms with Gasteiger partial charge in [-0.25, -0.2) is 9.37 Å². The smallest absolute Gasteiger partial charge is 0.250 e.